The quantitative estimate of drug-likeness (QED) is 0.794. The van der Waals surface area contributed by atoms with Crippen LogP contribution in [0.15, 0.2) is 29.6 Å². The number of thiophene rings is 1. The van der Waals surface area contributed by atoms with E-state index >= 15 is 0 Å². The van der Waals surface area contributed by atoms with Crippen molar-refractivity contribution in [2.75, 3.05) is 30.8 Å². The van der Waals surface area contributed by atoms with Crippen molar-refractivity contribution < 1.29 is 14.3 Å². The van der Waals surface area contributed by atoms with E-state index in [1.54, 1.807) is 36.6 Å². The van der Waals surface area contributed by atoms with Gasteiger partial charge in [-0.2, -0.15) is 0 Å². The van der Waals surface area contributed by atoms with Crippen LogP contribution in [0.4, 0.5) is 11.4 Å². The second kappa shape index (κ2) is 8.54. The molecule has 0 saturated heterocycles. The SMILES string of the molecule is CC[C@@H]1c2ccsc2CCN1CC(=O)Nc1cc(NC(C)=O)ccc1OC. The first-order chi connectivity index (χ1) is 13.0. The van der Waals surface area contributed by atoms with Gasteiger partial charge < -0.3 is 15.4 Å². The molecule has 0 radical (unpaired) electrons. The summed E-state index contributed by atoms with van der Waals surface area (Å²) in [6.07, 6.45) is 1.95. The molecule has 1 aliphatic heterocycles. The van der Waals surface area contributed by atoms with Crippen LogP contribution >= 0.6 is 11.3 Å². The monoisotopic (exact) mass is 387 g/mol. The average Bonchev–Trinajstić information content (AvgIpc) is 3.10. The van der Waals surface area contributed by atoms with Crippen LogP contribution in [0.2, 0.25) is 0 Å². The molecule has 0 aliphatic carbocycles. The Bertz CT molecular complexity index is 834. The Morgan fingerprint density at radius 3 is 2.81 bits per heavy atom. The first-order valence-corrected chi connectivity index (χ1v) is 9.95. The van der Waals surface area contributed by atoms with Crippen molar-refractivity contribution in [3.05, 3.63) is 40.1 Å². The van der Waals surface area contributed by atoms with Gasteiger partial charge in [-0.3, -0.25) is 14.5 Å². The molecule has 2 aromatic rings. The van der Waals surface area contributed by atoms with Gasteiger partial charge in [-0.25, -0.2) is 0 Å². The predicted molar refractivity (Wildman–Crippen MR) is 109 cm³/mol. The molecule has 1 aromatic carbocycles. The summed E-state index contributed by atoms with van der Waals surface area (Å²) < 4.78 is 5.33. The fourth-order valence-corrected chi connectivity index (χ4v) is 4.50. The number of hydrogen-bond acceptors (Lipinski definition) is 5. The van der Waals surface area contributed by atoms with Gasteiger partial charge in [0.1, 0.15) is 5.75 Å². The molecule has 0 spiro atoms. The topological polar surface area (TPSA) is 70.7 Å². The van der Waals surface area contributed by atoms with E-state index in [9.17, 15) is 9.59 Å². The number of ether oxygens (including phenoxy) is 1. The molecule has 0 saturated carbocycles. The lowest BCUT2D eigenvalue weighted by Gasteiger charge is -2.34. The van der Waals surface area contributed by atoms with E-state index in [4.69, 9.17) is 4.74 Å². The third kappa shape index (κ3) is 4.48. The molecule has 6 nitrogen and oxygen atoms in total. The Morgan fingerprint density at radius 2 is 2.11 bits per heavy atom. The largest absolute Gasteiger partial charge is 0.495 e. The maximum Gasteiger partial charge on any atom is 0.238 e. The molecule has 1 aromatic heterocycles. The van der Waals surface area contributed by atoms with Crippen LogP contribution < -0.4 is 15.4 Å². The van der Waals surface area contributed by atoms with Crippen LogP contribution in [0.25, 0.3) is 0 Å². The lowest BCUT2D eigenvalue weighted by molar-refractivity contribution is -0.118. The van der Waals surface area contributed by atoms with E-state index < -0.39 is 0 Å². The maximum absolute atomic E-state index is 12.7. The number of anilines is 2. The fraction of sp³-hybridized carbons (Fsp3) is 0.400. The van der Waals surface area contributed by atoms with E-state index in [1.807, 2.05) is 0 Å². The van der Waals surface area contributed by atoms with Crippen LogP contribution in [-0.4, -0.2) is 36.9 Å². The van der Waals surface area contributed by atoms with Crippen molar-refractivity contribution in [1.29, 1.82) is 0 Å². The summed E-state index contributed by atoms with van der Waals surface area (Å²) in [5.74, 6) is 0.303. The molecular weight excluding hydrogens is 362 g/mol. The van der Waals surface area contributed by atoms with Crippen molar-refractivity contribution in [3.8, 4) is 5.75 Å². The highest BCUT2D eigenvalue weighted by molar-refractivity contribution is 7.10. The third-order valence-electron chi connectivity index (χ3n) is 4.73. The zero-order chi connectivity index (χ0) is 19.4. The number of rotatable bonds is 6. The highest BCUT2D eigenvalue weighted by Crippen LogP contribution is 2.35. The molecule has 2 amide bonds. The second-order valence-electron chi connectivity index (χ2n) is 6.59. The molecule has 27 heavy (non-hydrogen) atoms. The maximum atomic E-state index is 12.7. The number of hydrogen-bond donors (Lipinski definition) is 2. The third-order valence-corrected chi connectivity index (χ3v) is 5.73. The lowest BCUT2D eigenvalue weighted by atomic mass is 9.98. The summed E-state index contributed by atoms with van der Waals surface area (Å²) in [6.45, 7) is 4.80. The van der Waals surface area contributed by atoms with Crippen molar-refractivity contribution in [1.82, 2.24) is 4.90 Å². The first-order valence-electron chi connectivity index (χ1n) is 9.07. The zero-order valence-electron chi connectivity index (χ0n) is 15.9. The van der Waals surface area contributed by atoms with E-state index in [-0.39, 0.29) is 17.9 Å². The summed E-state index contributed by atoms with van der Waals surface area (Å²) in [6, 6.07) is 7.64. The molecule has 0 bridgehead atoms. The van der Waals surface area contributed by atoms with Crippen LogP contribution in [0.3, 0.4) is 0 Å². The van der Waals surface area contributed by atoms with Crippen molar-refractivity contribution in [2.24, 2.45) is 0 Å². The van der Waals surface area contributed by atoms with Crippen LogP contribution in [0, 0.1) is 0 Å². The van der Waals surface area contributed by atoms with Gasteiger partial charge in [-0.1, -0.05) is 6.92 Å². The van der Waals surface area contributed by atoms with Crippen LogP contribution in [0.5, 0.6) is 5.75 Å². The lowest BCUT2D eigenvalue weighted by Crippen LogP contribution is -2.40. The van der Waals surface area contributed by atoms with Gasteiger partial charge >= 0.3 is 0 Å². The van der Waals surface area contributed by atoms with Crippen LogP contribution in [-0.2, 0) is 16.0 Å². The first kappa shape index (κ1) is 19.4. The highest BCUT2D eigenvalue weighted by atomic mass is 32.1. The number of benzene rings is 1. The Balaban J connectivity index is 1.71. The molecule has 2 heterocycles. The zero-order valence-corrected chi connectivity index (χ0v) is 16.7. The molecule has 144 valence electrons. The van der Waals surface area contributed by atoms with Crippen molar-refractivity contribution >= 4 is 34.5 Å². The van der Waals surface area contributed by atoms with E-state index in [0.717, 1.165) is 19.4 Å². The summed E-state index contributed by atoms with van der Waals surface area (Å²) in [5, 5.41) is 7.79. The Hall–Kier alpha value is -2.38. The van der Waals surface area contributed by atoms with Crippen molar-refractivity contribution in [3.63, 3.8) is 0 Å². The molecule has 2 N–H and O–H groups in total. The van der Waals surface area contributed by atoms with Gasteiger partial charge in [0, 0.05) is 30.1 Å². The molecule has 0 fully saturated rings. The van der Waals surface area contributed by atoms with Gasteiger partial charge in [-0.15, -0.1) is 11.3 Å². The second-order valence-corrected chi connectivity index (χ2v) is 7.59. The highest BCUT2D eigenvalue weighted by Gasteiger charge is 2.28. The van der Waals surface area contributed by atoms with Gasteiger partial charge in [0.2, 0.25) is 11.8 Å². The normalized spacial score (nSPS) is 16.5. The summed E-state index contributed by atoms with van der Waals surface area (Å²) >= 11 is 1.80. The minimum absolute atomic E-state index is 0.0922. The smallest absolute Gasteiger partial charge is 0.238 e. The molecule has 0 unspecified atom stereocenters. The average molecular weight is 388 g/mol. The number of carbonyl (C=O) groups excluding carboxylic acids is 2. The number of methoxy groups -OCH3 is 1. The van der Waals surface area contributed by atoms with E-state index in [2.05, 4.69) is 33.9 Å². The number of nitrogens with zero attached hydrogens (tertiary/aromatic N) is 1. The molecule has 3 rings (SSSR count). The summed E-state index contributed by atoms with van der Waals surface area (Å²) in [7, 11) is 1.55. The molecule has 1 aliphatic rings. The fourth-order valence-electron chi connectivity index (χ4n) is 3.58. The number of carbonyl (C=O) groups is 2. The predicted octanol–water partition coefficient (Wildman–Crippen LogP) is 3.66. The summed E-state index contributed by atoms with van der Waals surface area (Å²) in [4.78, 5) is 27.6. The molecule has 1 atom stereocenters. The van der Waals surface area contributed by atoms with Crippen LogP contribution in [0.1, 0.15) is 36.8 Å². The molecule has 7 heteroatoms. The van der Waals surface area contributed by atoms with E-state index in [1.165, 1.54) is 17.4 Å². The Kier molecular flexibility index (Phi) is 6.13. The minimum Gasteiger partial charge on any atom is -0.495 e. The summed E-state index contributed by atoms with van der Waals surface area (Å²) in [5.41, 5.74) is 2.52. The Labute approximate surface area is 163 Å². The number of amides is 2. The van der Waals surface area contributed by atoms with Gasteiger partial charge in [0.25, 0.3) is 0 Å². The number of fused-ring (bicyclic) bond motifs is 1. The Morgan fingerprint density at radius 1 is 1.30 bits per heavy atom. The van der Waals surface area contributed by atoms with Crippen molar-refractivity contribution in [2.45, 2.75) is 32.7 Å². The minimum atomic E-state index is -0.164. The van der Waals surface area contributed by atoms with Gasteiger partial charge in [0.15, 0.2) is 0 Å². The van der Waals surface area contributed by atoms with Gasteiger partial charge in [-0.05, 0) is 48.1 Å². The standard InChI is InChI=1S/C20H25N3O3S/c1-4-17-15-8-10-27-19(15)7-9-23(17)12-20(25)22-16-11-14(21-13(2)24)5-6-18(16)26-3/h5-6,8,10-11,17H,4,7,9,12H2,1-3H3,(H,21,24)(H,22,25)/t17-/m1/s1. The van der Waals surface area contributed by atoms with Gasteiger partial charge in [0.05, 0.1) is 19.3 Å². The number of nitrogens with one attached hydrogen (secondary N) is 2. The molecular formula is C20H25N3O3S. The van der Waals surface area contributed by atoms with E-state index in [0.29, 0.717) is 23.7 Å².